The van der Waals surface area contributed by atoms with E-state index in [0.717, 1.165) is 36.8 Å². The number of amides is 1. The number of phenolic OH excluding ortho intramolecular Hbond substituents is 1. The predicted octanol–water partition coefficient (Wildman–Crippen LogP) is 5.29. The number of aromatic hydroxyl groups is 1. The highest BCUT2D eigenvalue weighted by atomic mass is 35.5. The summed E-state index contributed by atoms with van der Waals surface area (Å²) in [5, 5.41) is 16.1. The van der Waals surface area contributed by atoms with Crippen LogP contribution in [0.2, 0.25) is 5.02 Å². The number of carbonyl (C=O) groups excluding carboxylic acids is 1. The van der Waals surface area contributed by atoms with Gasteiger partial charge in [-0.05, 0) is 53.6 Å². The molecule has 2 aliphatic heterocycles. The first-order valence-electron chi connectivity index (χ1n) is 13.9. The van der Waals surface area contributed by atoms with Crippen molar-refractivity contribution >= 4 is 50.9 Å². The number of hydrogen-bond donors (Lipinski definition) is 2. The molecule has 41 heavy (non-hydrogen) atoms. The van der Waals surface area contributed by atoms with E-state index in [9.17, 15) is 9.90 Å². The summed E-state index contributed by atoms with van der Waals surface area (Å²) in [7, 11) is 0. The van der Waals surface area contributed by atoms with Gasteiger partial charge in [0.1, 0.15) is 17.1 Å². The van der Waals surface area contributed by atoms with Gasteiger partial charge in [0.25, 0.3) is 0 Å². The molecule has 8 nitrogen and oxygen atoms in total. The molecule has 2 fully saturated rings. The van der Waals surface area contributed by atoms with Gasteiger partial charge in [0.15, 0.2) is 5.82 Å². The van der Waals surface area contributed by atoms with E-state index >= 15 is 4.39 Å². The van der Waals surface area contributed by atoms with Crippen molar-refractivity contribution in [2.24, 2.45) is 0 Å². The highest BCUT2D eigenvalue weighted by Gasteiger charge is 2.28. The molecule has 1 atom stereocenters. The van der Waals surface area contributed by atoms with E-state index in [-0.39, 0.29) is 33.8 Å². The Morgan fingerprint density at radius 1 is 1.15 bits per heavy atom. The van der Waals surface area contributed by atoms with Crippen molar-refractivity contribution in [1.29, 1.82) is 0 Å². The Morgan fingerprint density at radius 3 is 2.66 bits per heavy atom. The van der Waals surface area contributed by atoms with Gasteiger partial charge in [-0.3, -0.25) is 4.79 Å². The zero-order valence-corrected chi connectivity index (χ0v) is 23.7. The smallest absolute Gasteiger partial charge is 0.246 e. The third-order valence-electron chi connectivity index (χ3n) is 8.10. The van der Waals surface area contributed by atoms with Crippen LogP contribution in [0, 0.1) is 5.82 Å². The van der Waals surface area contributed by atoms with Crippen LogP contribution in [-0.4, -0.2) is 82.6 Å². The summed E-state index contributed by atoms with van der Waals surface area (Å²) in [6.07, 6.45) is 2.26. The van der Waals surface area contributed by atoms with Crippen LogP contribution in [0.4, 0.5) is 16.2 Å². The number of phenols is 1. The molecule has 1 unspecified atom stereocenters. The third kappa shape index (κ3) is 5.15. The van der Waals surface area contributed by atoms with Gasteiger partial charge in [0.05, 0.1) is 5.02 Å². The number of fused-ring (bicyclic) bond motifs is 2. The fourth-order valence-corrected chi connectivity index (χ4v) is 6.22. The van der Waals surface area contributed by atoms with Crippen molar-refractivity contribution in [1.82, 2.24) is 19.8 Å². The Bertz CT molecular complexity index is 1660. The monoisotopic (exact) mass is 574 g/mol. The second kappa shape index (κ2) is 11.1. The maximum atomic E-state index is 16.7. The molecule has 2 saturated heterocycles. The zero-order valence-electron chi connectivity index (χ0n) is 22.9. The van der Waals surface area contributed by atoms with Crippen LogP contribution in [0.25, 0.3) is 32.8 Å². The lowest BCUT2D eigenvalue weighted by Gasteiger charge is -2.35. The van der Waals surface area contributed by atoms with E-state index in [1.807, 2.05) is 29.2 Å². The molecule has 3 heterocycles. The van der Waals surface area contributed by atoms with E-state index in [4.69, 9.17) is 16.6 Å². The van der Waals surface area contributed by atoms with Crippen LogP contribution in [0.3, 0.4) is 0 Å². The second-order valence-corrected chi connectivity index (χ2v) is 11.0. The molecule has 0 saturated carbocycles. The fraction of sp³-hybridized carbons (Fsp3) is 0.323. The second-order valence-electron chi connectivity index (χ2n) is 10.6. The lowest BCUT2D eigenvalue weighted by molar-refractivity contribution is -0.126. The molecule has 3 aromatic carbocycles. The fourth-order valence-electron chi connectivity index (χ4n) is 5.92. The van der Waals surface area contributed by atoms with Crippen LogP contribution in [-0.2, 0) is 4.79 Å². The number of nitrogens with zero attached hydrogens (tertiary/aromatic N) is 5. The van der Waals surface area contributed by atoms with E-state index in [2.05, 4.69) is 28.7 Å². The van der Waals surface area contributed by atoms with Gasteiger partial charge in [-0.2, -0.15) is 4.98 Å². The van der Waals surface area contributed by atoms with Crippen molar-refractivity contribution in [2.75, 3.05) is 56.0 Å². The predicted molar refractivity (Wildman–Crippen MR) is 162 cm³/mol. The standard InChI is InChI=1S/C31H32ClFN6O2/c1-3-26(41)38-11-13-39(14-12-38)30-24-17-25(32)27(23-16-21(40)15-19-7-5-6-8-22(19)23)28(33)29(24)35-31(36-30)34-20-9-10-37(4-2)18-20/h3,5-8,15-17,20,40H,1,4,9-14,18H2,2H3,(H,34,35,36). The van der Waals surface area contributed by atoms with Crippen LogP contribution < -0.4 is 10.2 Å². The van der Waals surface area contributed by atoms with Crippen LogP contribution in [0.15, 0.2) is 55.1 Å². The number of piperazine rings is 1. The Hall–Kier alpha value is -3.95. The molecular formula is C31H32ClFN6O2. The van der Waals surface area contributed by atoms with Crippen LogP contribution in [0.5, 0.6) is 5.75 Å². The number of rotatable bonds is 6. The summed E-state index contributed by atoms with van der Waals surface area (Å²) in [6, 6.07) is 12.5. The van der Waals surface area contributed by atoms with Gasteiger partial charge in [0.2, 0.25) is 11.9 Å². The summed E-state index contributed by atoms with van der Waals surface area (Å²) in [4.78, 5) is 27.9. The summed E-state index contributed by atoms with van der Waals surface area (Å²) >= 11 is 6.82. The number of carbonyl (C=O) groups is 1. The Morgan fingerprint density at radius 2 is 1.93 bits per heavy atom. The maximum Gasteiger partial charge on any atom is 0.246 e. The molecule has 212 valence electrons. The minimum atomic E-state index is -0.572. The number of halogens is 2. The Labute approximate surface area is 243 Å². The van der Waals surface area contributed by atoms with Crippen molar-refractivity contribution < 1.29 is 14.3 Å². The number of benzene rings is 3. The first-order chi connectivity index (χ1) is 19.9. The number of aromatic nitrogens is 2. The van der Waals surface area contributed by atoms with Gasteiger partial charge < -0.3 is 25.1 Å². The molecule has 2 aliphatic rings. The highest BCUT2D eigenvalue weighted by Crippen LogP contribution is 2.42. The molecule has 1 aromatic heterocycles. The normalized spacial score (nSPS) is 17.9. The lowest BCUT2D eigenvalue weighted by Crippen LogP contribution is -2.48. The number of likely N-dealkylation sites (N-methyl/N-ethyl adjacent to an activating group) is 1. The first-order valence-corrected chi connectivity index (χ1v) is 14.3. The molecule has 2 N–H and O–H groups in total. The van der Waals surface area contributed by atoms with Crippen LogP contribution in [0.1, 0.15) is 13.3 Å². The number of hydrogen-bond acceptors (Lipinski definition) is 7. The molecule has 10 heteroatoms. The van der Waals surface area contributed by atoms with Gasteiger partial charge in [-0.25, -0.2) is 9.37 Å². The van der Waals surface area contributed by atoms with E-state index in [1.165, 1.54) is 12.1 Å². The van der Waals surface area contributed by atoms with Gasteiger partial charge in [0, 0.05) is 56.3 Å². The summed E-state index contributed by atoms with van der Waals surface area (Å²) < 4.78 is 16.7. The summed E-state index contributed by atoms with van der Waals surface area (Å²) in [6.45, 7) is 10.6. The minimum absolute atomic E-state index is 0.0219. The minimum Gasteiger partial charge on any atom is -0.508 e. The Balaban J connectivity index is 1.49. The lowest BCUT2D eigenvalue weighted by atomic mass is 9.96. The topological polar surface area (TPSA) is 84.8 Å². The third-order valence-corrected chi connectivity index (χ3v) is 8.40. The average molecular weight is 575 g/mol. The Kier molecular flexibility index (Phi) is 7.40. The summed E-state index contributed by atoms with van der Waals surface area (Å²) in [5.74, 6) is 0.263. The van der Waals surface area contributed by atoms with Crippen LogP contribution >= 0.6 is 11.6 Å². The molecule has 0 bridgehead atoms. The van der Waals surface area contributed by atoms with Crippen molar-refractivity contribution in [3.63, 3.8) is 0 Å². The molecular weight excluding hydrogens is 543 g/mol. The maximum absolute atomic E-state index is 16.7. The molecule has 4 aromatic rings. The average Bonchev–Trinajstić information content (AvgIpc) is 3.44. The highest BCUT2D eigenvalue weighted by molar-refractivity contribution is 6.35. The van der Waals surface area contributed by atoms with Gasteiger partial charge in [-0.1, -0.05) is 49.4 Å². The van der Waals surface area contributed by atoms with E-state index in [0.29, 0.717) is 48.9 Å². The quantitative estimate of drug-likeness (QED) is 0.303. The molecule has 0 aliphatic carbocycles. The summed E-state index contributed by atoms with van der Waals surface area (Å²) in [5.41, 5.74) is 0.825. The molecule has 1 amide bonds. The van der Waals surface area contributed by atoms with Crippen molar-refractivity contribution in [2.45, 2.75) is 19.4 Å². The van der Waals surface area contributed by atoms with Gasteiger partial charge >= 0.3 is 0 Å². The van der Waals surface area contributed by atoms with Gasteiger partial charge in [-0.15, -0.1) is 0 Å². The number of nitrogens with one attached hydrogen (secondary N) is 1. The number of anilines is 2. The molecule has 0 spiro atoms. The van der Waals surface area contributed by atoms with E-state index < -0.39 is 5.82 Å². The van der Waals surface area contributed by atoms with Crippen molar-refractivity contribution in [3.05, 3.63) is 66.0 Å². The number of likely N-dealkylation sites (tertiary alicyclic amines) is 1. The van der Waals surface area contributed by atoms with E-state index in [1.54, 1.807) is 17.0 Å². The molecule has 6 rings (SSSR count). The first kappa shape index (κ1) is 27.2. The molecule has 0 radical (unpaired) electrons. The largest absolute Gasteiger partial charge is 0.508 e. The van der Waals surface area contributed by atoms with Crippen molar-refractivity contribution in [3.8, 4) is 16.9 Å². The zero-order chi connectivity index (χ0) is 28.7. The SMILES string of the molecule is C=CC(=O)N1CCN(c2nc(NC3CCN(CC)C3)nc3c(F)c(-c4cc(O)cc5ccccc45)c(Cl)cc23)CC1.